The maximum absolute atomic E-state index is 10.0. The molecule has 1 atom stereocenters. The van der Waals surface area contributed by atoms with Gasteiger partial charge in [-0.1, -0.05) is 12.1 Å². The van der Waals surface area contributed by atoms with Gasteiger partial charge in [0.25, 0.3) is 0 Å². The van der Waals surface area contributed by atoms with Gasteiger partial charge in [-0.2, -0.15) is 0 Å². The third-order valence-corrected chi connectivity index (χ3v) is 3.44. The zero-order chi connectivity index (χ0) is 12.5. The van der Waals surface area contributed by atoms with Gasteiger partial charge in [-0.25, -0.2) is 4.98 Å². The maximum atomic E-state index is 10.0. The number of hydrogen-bond donors (Lipinski definition) is 2. The molecule has 1 aliphatic rings. The van der Waals surface area contributed by atoms with E-state index >= 15 is 0 Å². The normalized spacial score (nSPS) is 18.6. The monoisotopic (exact) mass is 244 g/mol. The van der Waals surface area contributed by atoms with Crippen molar-refractivity contribution in [3.63, 3.8) is 0 Å². The third kappa shape index (κ3) is 1.99. The molecule has 0 radical (unpaired) electrons. The minimum atomic E-state index is -0.441. The van der Waals surface area contributed by atoms with E-state index in [1.54, 1.807) is 12.1 Å². The van der Waals surface area contributed by atoms with Crippen molar-refractivity contribution in [3.05, 3.63) is 47.5 Å². The highest BCUT2D eigenvalue weighted by Crippen LogP contribution is 2.25. The van der Waals surface area contributed by atoms with E-state index in [-0.39, 0.29) is 5.75 Å². The van der Waals surface area contributed by atoms with Crippen LogP contribution in [0.15, 0.2) is 30.5 Å². The molecule has 4 heteroatoms. The van der Waals surface area contributed by atoms with Gasteiger partial charge in [0, 0.05) is 18.3 Å². The zero-order valence-corrected chi connectivity index (χ0v) is 10.1. The number of nitrogens with zero attached hydrogens (tertiary/aromatic N) is 2. The molecule has 0 bridgehead atoms. The molecule has 0 saturated heterocycles. The number of fused-ring (bicyclic) bond motifs is 1. The summed E-state index contributed by atoms with van der Waals surface area (Å²) in [4.78, 5) is 4.41. The van der Waals surface area contributed by atoms with Crippen molar-refractivity contribution in [1.82, 2.24) is 9.55 Å². The molecule has 0 saturated carbocycles. The summed E-state index contributed by atoms with van der Waals surface area (Å²) in [5, 5.41) is 19.3. The summed E-state index contributed by atoms with van der Waals surface area (Å²) in [5.74, 6) is 1.16. The second-order valence-corrected chi connectivity index (χ2v) is 4.75. The van der Waals surface area contributed by atoms with Crippen LogP contribution in [0.3, 0.4) is 0 Å². The van der Waals surface area contributed by atoms with Crippen LogP contribution < -0.4 is 0 Å². The number of aliphatic hydroxyl groups excluding tert-OH is 1. The Morgan fingerprint density at radius 2 is 2.06 bits per heavy atom. The molecule has 94 valence electrons. The van der Waals surface area contributed by atoms with E-state index in [0.717, 1.165) is 36.3 Å². The summed E-state index contributed by atoms with van der Waals surface area (Å²) in [6.07, 6.45) is 4.90. The van der Waals surface area contributed by atoms with Gasteiger partial charge >= 0.3 is 0 Å². The Bertz CT molecular complexity index is 545. The van der Waals surface area contributed by atoms with Crippen molar-refractivity contribution < 1.29 is 10.2 Å². The van der Waals surface area contributed by atoms with Crippen LogP contribution in [0.5, 0.6) is 5.75 Å². The predicted molar refractivity (Wildman–Crippen MR) is 67.3 cm³/mol. The standard InChI is InChI=1S/C14H16N2O2/c17-12-6-4-10(5-7-12)8-13-15-9-11-2-1-3-14(18)16(11)13/h4-7,9,14,17-18H,1-3,8H2. The number of rotatable bonds is 2. The topological polar surface area (TPSA) is 58.3 Å². The molecule has 2 heterocycles. The largest absolute Gasteiger partial charge is 0.508 e. The van der Waals surface area contributed by atoms with Crippen LogP contribution in [-0.2, 0) is 12.8 Å². The average Bonchev–Trinajstić information content (AvgIpc) is 2.77. The van der Waals surface area contributed by atoms with E-state index in [2.05, 4.69) is 4.98 Å². The SMILES string of the molecule is Oc1ccc(Cc2ncc3n2C(O)CCC3)cc1. The minimum absolute atomic E-state index is 0.268. The molecule has 1 aromatic heterocycles. The summed E-state index contributed by atoms with van der Waals surface area (Å²) in [7, 11) is 0. The number of aromatic hydroxyl groups is 1. The molecule has 4 nitrogen and oxygen atoms in total. The molecule has 0 spiro atoms. The minimum Gasteiger partial charge on any atom is -0.508 e. The highest BCUT2D eigenvalue weighted by atomic mass is 16.3. The van der Waals surface area contributed by atoms with Crippen molar-refractivity contribution in [2.75, 3.05) is 0 Å². The molecule has 0 fully saturated rings. The molecule has 1 unspecified atom stereocenters. The Kier molecular flexibility index (Phi) is 2.80. The van der Waals surface area contributed by atoms with Gasteiger partial charge in [0.1, 0.15) is 17.8 Å². The summed E-state index contributed by atoms with van der Waals surface area (Å²) < 4.78 is 1.94. The number of aryl methyl sites for hydroxylation is 1. The molecule has 0 amide bonds. The fraction of sp³-hybridized carbons (Fsp3) is 0.357. The lowest BCUT2D eigenvalue weighted by Gasteiger charge is -2.22. The second kappa shape index (κ2) is 4.46. The first-order chi connectivity index (χ1) is 8.74. The van der Waals surface area contributed by atoms with Crippen LogP contribution in [0, 0.1) is 0 Å². The number of imidazole rings is 1. The lowest BCUT2D eigenvalue weighted by molar-refractivity contribution is 0.0762. The number of aliphatic hydroxyl groups is 1. The van der Waals surface area contributed by atoms with Gasteiger partial charge in [0.05, 0.1) is 0 Å². The van der Waals surface area contributed by atoms with Crippen LogP contribution in [-0.4, -0.2) is 19.8 Å². The van der Waals surface area contributed by atoms with Gasteiger partial charge in [0.15, 0.2) is 0 Å². The van der Waals surface area contributed by atoms with Crippen molar-refractivity contribution in [3.8, 4) is 5.75 Å². The van der Waals surface area contributed by atoms with Crippen LogP contribution in [0.1, 0.15) is 36.2 Å². The Hall–Kier alpha value is -1.81. The first-order valence-corrected chi connectivity index (χ1v) is 6.25. The molecule has 2 aromatic rings. The predicted octanol–water partition coefficient (Wildman–Crippen LogP) is 2.01. The van der Waals surface area contributed by atoms with E-state index in [9.17, 15) is 10.2 Å². The summed E-state index contributed by atoms with van der Waals surface area (Å²) in [5.41, 5.74) is 2.20. The van der Waals surface area contributed by atoms with Gasteiger partial charge in [-0.3, -0.25) is 0 Å². The Morgan fingerprint density at radius 1 is 1.28 bits per heavy atom. The highest BCUT2D eigenvalue weighted by Gasteiger charge is 2.20. The first kappa shape index (κ1) is 11.3. The molecule has 0 aliphatic carbocycles. The fourth-order valence-corrected chi connectivity index (χ4v) is 2.51. The van der Waals surface area contributed by atoms with E-state index in [1.165, 1.54) is 0 Å². The smallest absolute Gasteiger partial charge is 0.132 e. The molecular weight excluding hydrogens is 228 g/mol. The number of phenols is 1. The number of hydrogen-bond acceptors (Lipinski definition) is 3. The van der Waals surface area contributed by atoms with E-state index in [0.29, 0.717) is 6.42 Å². The fourth-order valence-electron chi connectivity index (χ4n) is 2.51. The van der Waals surface area contributed by atoms with Crippen LogP contribution in [0.25, 0.3) is 0 Å². The average molecular weight is 244 g/mol. The Labute approximate surface area is 106 Å². The van der Waals surface area contributed by atoms with E-state index < -0.39 is 6.23 Å². The van der Waals surface area contributed by atoms with Gasteiger partial charge in [-0.15, -0.1) is 0 Å². The maximum Gasteiger partial charge on any atom is 0.132 e. The number of phenolic OH excluding ortho intramolecular Hbond substituents is 1. The molecule has 3 rings (SSSR count). The van der Waals surface area contributed by atoms with Crippen molar-refractivity contribution in [1.29, 1.82) is 0 Å². The van der Waals surface area contributed by atoms with E-state index in [4.69, 9.17) is 0 Å². The van der Waals surface area contributed by atoms with Crippen LogP contribution in [0.4, 0.5) is 0 Å². The van der Waals surface area contributed by atoms with Crippen molar-refractivity contribution in [2.45, 2.75) is 31.9 Å². The quantitative estimate of drug-likeness (QED) is 0.849. The number of benzene rings is 1. The van der Waals surface area contributed by atoms with Crippen LogP contribution in [0.2, 0.25) is 0 Å². The lowest BCUT2D eigenvalue weighted by Crippen LogP contribution is -2.19. The molecular formula is C14H16N2O2. The third-order valence-electron chi connectivity index (χ3n) is 3.44. The highest BCUT2D eigenvalue weighted by molar-refractivity contribution is 5.28. The molecule has 18 heavy (non-hydrogen) atoms. The summed E-state index contributed by atoms with van der Waals surface area (Å²) >= 11 is 0. The summed E-state index contributed by atoms with van der Waals surface area (Å²) in [6.45, 7) is 0. The molecule has 2 N–H and O–H groups in total. The van der Waals surface area contributed by atoms with Crippen LogP contribution >= 0.6 is 0 Å². The Morgan fingerprint density at radius 3 is 2.83 bits per heavy atom. The van der Waals surface area contributed by atoms with Gasteiger partial charge in [-0.05, 0) is 37.0 Å². The van der Waals surface area contributed by atoms with E-state index in [1.807, 2.05) is 22.9 Å². The second-order valence-electron chi connectivity index (χ2n) is 4.75. The lowest BCUT2D eigenvalue weighted by atomic mass is 10.1. The molecule has 1 aromatic carbocycles. The summed E-state index contributed by atoms with van der Waals surface area (Å²) in [6, 6.07) is 7.11. The first-order valence-electron chi connectivity index (χ1n) is 6.25. The van der Waals surface area contributed by atoms with Gasteiger partial charge in [0.2, 0.25) is 0 Å². The number of aromatic nitrogens is 2. The zero-order valence-electron chi connectivity index (χ0n) is 10.1. The van der Waals surface area contributed by atoms with Gasteiger partial charge < -0.3 is 14.8 Å². The Balaban J connectivity index is 1.89. The molecule has 1 aliphatic heterocycles. The van der Waals surface area contributed by atoms with Crippen molar-refractivity contribution >= 4 is 0 Å². The van der Waals surface area contributed by atoms with Crippen molar-refractivity contribution in [2.24, 2.45) is 0 Å².